The smallest absolute Gasteiger partial charge is 0.295 e. The van der Waals surface area contributed by atoms with E-state index < -0.39 is 32.8 Å². The Labute approximate surface area is 147 Å². The van der Waals surface area contributed by atoms with Gasteiger partial charge < -0.3 is 4.98 Å². The predicted molar refractivity (Wildman–Crippen MR) is 90.0 cm³/mol. The second-order valence-corrected chi connectivity index (χ2v) is 7.68. The van der Waals surface area contributed by atoms with E-state index in [1.54, 1.807) is 25.3 Å². The number of pyridine rings is 1. The Bertz CT molecular complexity index is 1080. The van der Waals surface area contributed by atoms with Crippen molar-refractivity contribution in [1.82, 2.24) is 15.0 Å². The van der Waals surface area contributed by atoms with Crippen molar-refractivity contribution in [2.45, 2.75) is 18.2 Å². The topological polar surface area (TPSA) is 75.7 Å². The number of rotatable bonds is 4. The molecule has 0 radical (unpaired) electrons. The van der Waals surface area contributed by atoms with E-state index >= 15 is 0 Å². The number of H-pyrrole nitrogens is 1. The molecule has 136 valence electrons. The molecule has 0 bridgehead atoms. The third-order valence-electron chi connectivity index (χ3n) is 3.81. The van der Waals surface area contributed by atoms with Crippen LogP contribution in [0.1, 0.15) is 17.9 Å². The van der Waals surface area contributed by atoms with Gasteiger partial charge in [-0.15, -0.1) is 0 Å². The summed E-state index contributed by atoms with van der Waals surface area (Å²) in [6, 6.07) is 6.71. The molecule has 2 aromatic heterocycles. The van der Waals surface area contributed by atoms with Gasteiger partial charge in [0, 0.05) is 29.3 Å². The number of benzene rings is 1. The fourth-order valence-corrected chi connectivity index (χ4v) is 3.32. The van der Waals surface area contributed by atoms with Crippen LogP contribution in [0.15, 0.2) is 41.4 Å². The number of aromatic amines is 1. The Morgan fingerprint density at radius 3 is 2.50 bits per heavy atom. The minimum absolute atomic E-state index is 0.0929. The number of aromatic nitrogens is 3. The lowest BCUT2D eigenvalue weighted by Crippen LogP contribution is -2.01. The van der Waals surface area contributed by atoms with Crippen LogP contribution >= 0.6 is 0 Å². The van der Waals surface area contributed by atoms with E-state index in [2.05, 4.69) is 15.0 Å². The molecule has 1 aromatic carbocycles. The molecule has 0 unspecified atom stereocenters. The number of sulfone groups is 1. The van der Waals surface area contributed by atoms with Crippen LogP contribution in [0.4, 0.5) is 13.2 Å². The first-order chi connectivity index (χ1) is 12.2. The Hall–Kier alpha value is -2.68. The SMILES string of the molecule is Cc1ncccc1-c1[nH]c(C(F)F)nc1-c1ccc(S(C)(=O)=O)c(F)c1. The van der Waals surface area contributed by atoms with Gasteiger partial charge in [0.15, 0.2) is 15.7 Å². The monoisotopic (exact) mass is 381 g/mol. The maximum atomic E-state index is 14.2. The average Bonchev–Trinajstić information content (AvgIpc) is 2.99. The summed E-state index contributed by atoms with van der Waals surface area (Å²) in [4.78, 5) is 10.1. The first kappa shape index (κ1) is 18.1. The second-order valence-electron chi connectivity index (χ2n) is 5.70. The van der Waals surface area contributed by atoms with Crippen molar-refractivity contribution in [3.05, 3.63) is 53.9 Å². The Kier molecular flexibility index (Phi) is 4.57. The second kappa shape index (κ2) is 6.56. The largest absolute Gasteiger partial charge is 0.337 e. The van der Waals surface area contributed by atoms with Gasteiger partial charge in [-0.25, -0.2) is 26.6 Å². The highest BCUT2D eigenvalue weighted by Gasteiger charge is 2.22. The van der Waals surface area contributed by atoms with Crippen LogP contribution in [0, 0.1) is 12.7 Å². The molecule has 0 spiro atoms. The maximum absolute atomic E-state index is 14.2. The van der Waals surface area contributed by atoms with Crippen LogP contribution < -0.4 is 0 Å². The molecule has 0 saturated carbocycles. The summed E-state index contributed by atoms with van der Waals surface area (Å²) in [6.07, 6.45) is -0.401. The zero-order valence-corrected chi connectivity index (χ0v) is 14.6. The standard InChI is InChI=1S/C17H14F3N3O2S/c1-9-11(4-3-7-21-9)15-14(22-17(23-15)16(19)20)10-5-6-13(12(18)8-10)26(2,24)25/h3-8,16H,1-2H3,(H,22,23). The van der Waals surface area contributed by atoms with E-state index in [4.69, 9.17) is 0 Å². The number of alkyl halides is 2. The number of hydrogen-bond donors (Lipinski definition) is 1. The summed E-state index contributed by atoms with van der Waals surface area (Å²) in [5, 5.41) is 0. The molecule has 0 aliphatic heterocycles. The number of aryl methyl sites for hydroxylation is 1. The van der Waals surface area contributed by atoms with Crippen molar-refractivity contribution in [2.24, 2.45) is 0 Å². The first-order valence-corrected chi connectivity index (χ1v) is 9.37. The molecule has 2 heterocycles. The van der Waals surface area contributed by atoms with Crippen LogP contribution in [-0.4, -0.2) is 29.6 Å². The molecule has 1 N–H and O–H groups in total. The number of nitrogens with zero attached hydrogens (tertiary/aromatic N) is 2. The highest BCUT2D eigenvalue weighted by atomic mass is 32.2. The molecule has 0 aliphatic carbocycles. The number of imidazole rings is 1. The molecule has 26 heavy (non-hydrogen) atoms. The molecule has 0 amide bonds. The summed E-state index contributed by atoms with van der Waals surface area (Å²) < 4.78 is 63.6. The van der Waals surface area contributed by atoms with Crippen LogP contribution in [0.25, 0.3) is 22.5 Å². The predicted octanol–water partition coefficient (Wildman–Crippen LogP) is 3.93. The summed E-state index contributed by atoms with van der Waals surface area (Å²) in [7, 11) is -3.74. The summed E-state index contributed by atoms with van der Waals surface area (Å²) >= 11 is 0. The number of nitrogens with one attached hydrogen (secondary N) is 1. The van der Waals surface area contributed by atoms with Crippen molar-refractivity contribution in [3.8, 4) is 22.5 Å². The van der Waals surface area contributed by atoms with E-state index in [9.17, 15) is 21.6 Å². The molecule has 5 nitrogen and oxygen atoms in total. The number of hydrogen-bond acceptors (Lipinski definition) is 4. The molecule has 9 heteroatoms. The van der Waals surface area contributed by atoms with E-state index in [1.807, 2.05) is 0 Å². The zero-order valence-electron chi connectivity index (χ0n) is 13.8. The molecule has 3 aromatic rings. The third kappa shape index (κ3) is 3.34. The minimum atomic E-state index is -3.74. The van der Waals surface area contributed by atoms with Gasteiger partial charge in [0.1, 0.15) is 10.7 Å². The van der Waals surface area contributed by atoms with Crippen LogP contribution in [0.3, 0.4) is 0 Å². The average molecular weight is 381 g/mol. The van der Waals surface area contributed by atoms with Gasteiger partial charge in [-0.3, -0.25) is 4.98 Å². The Balaban J connectivity index is 2.22. The Morgan fingerprint density at radius 2 is 1.92 bits per heavy atom. The fraction of sp³-hybridized carbons (Fsp3) is 0.176. The number of halogens is 3. The first-order valence-electron chi connectivity index (χ1n) is 7.48. The highest BCUT2D eigenvalue weighted by Crippen LogP contribution is 2.34. The van der Waals surface area contributed by atoms with Gasteiger partial charge in [-0.1, -0.05) is 6.07 Å². The normalized spacial score (nSPS) is 11.9. The van der Waals surface area contributed by atoms with Gasteiger partial charge in [0.25, 0.3) is 6.43 Å². The summed E-state index contributed by atoms with van der Waals surface area (Å²) in [5.41, 5.74) is 1.64. The lowest BCUT2D eigenvalue weighted by atomic mass is 10.0. The molecular formula is C17H14F3N3O2S. The van der Waals surface area contributed by atoms with Crippen LogP contribution in [0.2, 0.25) is 0 Å². The van der Waals surface area contributed by atoms with E-state index in [1.165, 1.54) is 6.07 Å². The summed E-state index contributed by atoms with van der Waals surface area (Å²) in [6.45, 7) is 1.70. The van der Waals surface area contributed by atoms with E-state index in [-0.39, 0.29) is 17.0 Å². The van der Waals surface area contributed by atoms with Gasteiger partial charge in [-0.2, -0.15) is 0 Å². The molecule has 0 atom stereocenters. The zero-order chi connectivity index (χ0) is 19.1. The molecule has 3 rings (SSSR count). The van der Waals surface area contributed by atoms with Crippen LogP contribution in [0.5, 0.6) is 0 Å². The van der Waals surface area contributed by atoms with E-state index in [0.717, 1.165) is 18.4 Å². The van der Waals surface area contributed by atoms with Crippen molar-refractivity contribution in [1.29, 1.82) is 0 Å². The van der Waals surface area contributed by atoms with Gasteiger partial charge in [0.05, 0.1) is 11.4 Å². The van der Waals surface area contributed by atoms with Crippen LogP contribution in [-0.2, 0) is 9.84 Å². The molecule has 0 saturated heterocycles. The summed E-state index contributed by atoms with van der Waals surface area (Å²) in [5.74, 6) is -1.54. The molecular weight excluding hydrogens is 367 g/mol. The van der Waals surface area contributed by atoms with Crippen molar-refractivity contribution in [3.63, 3.8) is 0 Å². The minimum Gasteiger partial charge on any atom is -0.337 e. The lowest BCUT2D eigenvalue weighted by molar-refractivity contribution is 0.141. The quantitative estimate of drug-likeness (QED) is 0.743. The van der Waals surface area contributed by atoms with E-state index in [0.29, 0.717) is 11.3 Å². The Morgan fingerprint density at radius 1 is 1.19 bits per heavy atom. The van der Waals surface area contributed by atoms with Gasteiger partial charge in [-0.05, 0) is 31.2 Å². The van der Waals surface area contributed by atoms with Crippen molar-refractivity contribution in [2.75, 3.05) is 6.26 Å². The highest BCUT2D eigenvalue weighted by molar-refractivity contribution is 7.90. The van der Waals surface area contributed by atoms with Crippen molar-refractivity contribution >= 4 is 9.84 Å². The molecule has 0 fully saturated rings. The van der Waals surface area contributed by atoms with Crippen molar-refractivity contribution < 1.29 is 21.6 Å². The lowest BCUT2D eigenvalue weighted by Gasteiger charge is -2.07. The van der Waals surface area contributed by atoms with Gasteiger partial charge >= 0.3 is 0 Å². The fourth-order valence-electron chi connectivity index (χ4n) is 2.60. The van der Waals surface area contributed by atoms with Gasteiger partial charge in [0.2, 0.25) is 0 Å². The molecule has 0 aliphatic rings. The maximum Gasteiger partial charge on any atom is 0.295 e. The third-order valence-corrected chi connectivity index (χ3v) is 4.94.